The Morgan fingerprint density at radius 2 is 2.00 bits per heavy atom. The monoisotopic (exact) mass is 240 g/mol. The van der Waals surface area contributed by atoms with Crippen LogP contribution in [0.2, 0.25) is 0 Å². The summed E-state index contributed by atoms with van der Waals surface area (Å²) in [7, 11) is 1.84. The number of likely N-dealkylation sites (tertiary alicyclic amines) is 1. The van der Waals surface area contributed by atoms with Crippen molar-refractivity contribution >= 4 is 0 Å². The van der Waals surface area contributed by atoms with Gasteiger partial charge in [-0.3, -0.25) is 4.90 Å². The van der Waals surface area contributed by atoms with Crippen molar-refractivity contribution in [3.05, 3.63) is 0 Å². The molecule has 1 aliphatic heterocycles. The molecule has 2 rings (SSSR count). The molecule has 100 valence electrons. The van der Waals surface area contributed by atoms with Crippen molar-refractivity contribution in [1.82, 2.24) is 4.90 Å². The molecule has 0 spiro atoms. The third-order valence-electron chi connectivity index (χ3n) is 5.09. The van der Waals surface area contributed by atoms with Crippen LogP contribution in [-0.4, -0.2) is 43.3 Å². The summed E-state index contributed by atoms with van der Waals surface area (Å²) < 4.78 is 5.45. The van der Waals surface area contributed by atoms with E-state index in [1.165, 1.54) is 51.6 Å². The first kappa shape index (κ1) is 13.3. The molecule has 2 aliphatic rings. The quantitative estimate of drug-likeness (QED) is 0.817. The molecule has 1 saturated carbocycles. The fourth-order valence-corrected chi connectivity index (χ4v) is 3.73. The molecule has 2 atom stereocenters. The molecule has 1 aliphatic carbocycles. The van der Waals surface area contributed by atoms with E-state index >= 15 is 0 Å². The van der Waals surface area contributed by atoms with Crippen molar-refractivity contribution < 1.29 is 4.74 Å². The van der Waals surface area contributed by atoms with E-state index in [1.54, 1.807) is 0 Å². The molecule has 2 fully saturated rings. The highest BCUT2D eigenvalue weighted by Crippen LogP contribution is 2.41. The SMILES string of the molecule is CCC1CCC(CN)(N2CCC(OC)CC2)C1. The first-order valence-electron chi connectivity index (χ1n) is 7.22. The summed E-state index contributed by atoms with van der Waals surface area (Å²) >= 11 is 0. The number of nitrogens with two attached hydrogens (primary N) is 1. The first-order chi connectivity index (χ1) is 8.24. The molecule has 0 radical (unpaired) electrons. The van der Waals surface area contributed by atoms with E-state index in [4.69, 9.17) is 10.5 Å². The zero-order valence-corrected chi connectivity index (χ0v) is 11.5. The summed E-state index contributed by atoms with van der Waals surface area (Å²) in [4.78, 5) is 2.66. The topological polar surface area (TPSA) is 38.5 Å². The number of rotatable bonds is 4. The molecule has 1 heterocycles. The van der Waals surface area contributed by atoms with Crippen LogP contribution < -0.4 is 5.73 Å². The Morgan fingerprint density at radius 3 is 2.47 bits per heavy atom. The molecule has 2 N–H and O–H groups in total. The standard InChI is InChI=1S/C14H28N2O/c1-3-12-4-7-14(10-12,11-15)16-8-5-13(17-2)6-9-16/h12-13H,3-11,15H2,1-2H3. The van der Waals surface area contributed by atoms with Crippen molar-refractivity contribution in [2.75, 3.05) is 26.7 Å². The Hall–Kier alpha value is -0.120. The van der Waals surface area contributed by atoms with E-state index in [-0.39, 0.29) is 0 Å². The van der Waals surface area contributed by atoms with Gasteiger partial charge in [-0.1, -0.05) is 13.3 Å². The summed E-state index contributed by atoms with van der Waals surface area (Å²) in [5.41, 5.74) is 6.43. The highest BCUT2D eigenvalue weighted by molar-refractivity contribution is 5.00. The lowest BCUT2D eigenvalue weighted by molar-refractivity contribution is -0.00153. The Bertz CT molecular complexity index is 238. The van der Waals surface area contributed by atoms with Crippen molar-refractivity contribution in [2.45, 2.75) is 57.1 Å². The minimum absolute atomic E-state index is 0.319. The molecule has 17 heavy (non-hydrogen) atoms. The van der Waals surface area contributed by atoms with Crippen LogP contribution in [0.5, 0.6) is 0 Å². The van der Waals surface area contributed by atoms with E-state index < -0.39 is 0 Å². The fourth-order valence-electron chi connectivity index (χ4n) is 3.73. The van der Waals surface area contributed by atoms with Crippen LogP contribution in [0.1, 0.15) is 45.4 Å². The number of ether oxygens (including phenoxy) is 1. The summed E-state index contributed by atoms with van der Waals surface area (Å²) in [5.74, 6) is 0.902. The second kappa shape index (κ2) is 5.68. The number of methoxy groups -OCH3 is 1. The van der Waals surface area contributed by atoms with Gasteiger partial charge in [0.15, 0.2) is 0 Å². The molecule has 0 amide bonds. The van der Waals surface area contributed by atoms with Gasteiger partial charge in [0.25, 0.3) is 0 Å². The normalized spacial score (nSPS) is 36.5. The van der Waals surface area contributed by atoms with Crippen LogP contribution in [0.25, 0.3) is 0 Å². The summed E-state index contributed by atoms with van der Waals surface area (Å²) in [5, 5.41) is 0. The molecule has 0 aromatic rings. The van der Waals surface area contributed by atoms with Crippen molar-refractivity contribution in [1.29, 1.82) is 0 Å². The molecule has 0 bridgehead atoms. The molecule has 3 heteroatoms. The molecule has 0 aromatic heterocycles. The first-order valence-corrected chi connectivity index (χ1v) is 7.22. The average molecular weight is 240 g/mol. The maximum absolute atomic E-state index is 6.11. The number of nitrogens with zero attached hydrogens (tertiary/aromatic N) is 1. The fraction of sp³-hybridized carbons (Fsp3) is 1.00. The van der Waals surface area contributed by atoms with Crippen LogP contribution in [0, 0.1) is 5.92 Å². The Labute approximate surface area is 106 Å². The van der Waals surface area contributed by atoms with Gasteiger partial charge in [-0.2, -0.15) is 0 Å². The Morgan fingerprint density at radius 1 is 1.29 bits per heavy atom. The van der Waals surface area contributed by atoms with Crippen molar-refractivity contribution in [3.8, 4) is 0 Å². The van der Waals surface area contributed by atoms with Crippen LogP contribution in [-0.2, 0) is 4.74 Å². The summed E-state index contributed by atoms with van der Waals surface area (Å²) in [6.07, 6.45) is 8.14. The van der Waals surface area contributed by atoms with E-state index in [0.717, 1.165) is 12.5 Å². The third kappa shape index (κ3) is 2.67. The predicted molar refractivity (Wildman–Crippen MR) is 71.0 cm³/mol. The molecular formula is C14H28N2O. The number of hydrogen-bond acceptors (Lipinski definition) is 3. The molecule has 0 aromatic carbocycles. The molecular weight excluding hydrogens is 212 g/mol. The van der Waals surface area contributed by atoms with E-state index in [9.17, 15) is 0 Å². The van der Waals surface area contributed by atoms with Crippen LogP contribution in [0.3, 0.4) is 0 Å². The van der Waals surface area contributed by atoms with Crippen LogP contribution >= 0.6 is 0 Å². The zero-order chi connectivity index (χ0) is 12.3. The van der Waals surface area contributed by atoms with Crippen molar-refractivity contribution in [2.24, 2.45) is 11.7 Å². The summed E-state index contributed by atoms with van der Waals surface area (Å²) in [6, 6.07) is 0. The van der Waals surface area contributed by atoms with E-state index in [1.807, 2.05) is 7.11 Å². The van der Waals surface area contributed by atoms with Crippen LogP contribution in [0.15, 0.2) is 0 Å². The van der Waals surface area contributed by atoms with Gasteiger partial charge in [0, 0.05) is 32.3 Å². The zero-order valence-electron chi connectivity index (χ0n) is 11.5. The van der Waals surface area contributed by atoms with Gasteiger partial charge in [0.1, 0.15) is 0 Å². The molecule has 1 saturated heterocycles. The Balaban J connectivity index is 1.95. The summed E-state index contributed by atoms with van der Waals surface area (Å²) in [6.45, 7) is 5.49. The van der Waals surface area contributed by atoms with Gasteiger partial charge in [0.2, 0.25) is 0 Å². The molecule has 3 nitrogen and oxygen atoms in total. The number of hydrogen-bond donors (Lipinski definition) is 1. The molecule has 2 unspecified atom stereocenters. The predicted octanol–water partition coefficient (Wildman–Crippen LogP) is 2.00. The maximum Gasteiger partial charge on any atom is 0.0595 e. The van der Waals surface area contributed by atoms with E-state index in [0.29, 0.717) is 11.6 Å². The highest BCUT2D eigenvalue weighted by Gasteiger charge is 2.43. The largest absolute Gasteiger partial charge is 0.381 e. The highest BCUT2D eigenvalue weighted by atomic mass is 16.5. The van der Waals surface area contributed by atoms with Gasteiger partial charge in [-0.15, -0.1) is 0 Å². The van der Waals surface area contributed by atoms with Crippen molar-refractivity contribution in [3.63, 3.8) is 0 Å². The minimum Gasteiger partial charge on any atom is -0.381 e. The third-order valence-corrected chi connectivity index (χ3v) is 5.09. The minimum atomic E-state index is 0.319. The smallest absolute Gasteiger partial charge is 0.0595 e. The van der Waals surface area contributed by atoms with Gasteiger partial charge in [-0.25, -0.2) is 0 Å². The second-order valence-corrected chi connectivity index (χ2v) is 5.87. The lowest BCUT2D eigenvalue weighted by Crippen LogP contribution is -2.55. The van der Waals surface area contributed by atoms with E-state index in [2.05, 4.69) is 11.8 Å². The van der Waals surface area contributed by atoms with Gasteiger partial charge >= 0.3 is 0 Å². The lowest BCUT2D eigenvalue weighted by atomic mass is 9.90. The van der Waals surface area contributed by atoms with Crippen LogP contribution in [0.4, 0.5) is 0 Å². The average Bonchev–Trinajstić information content (AvgIpc) is 2.84. The maximum atomic E-state index is 6.11. The van der Waals surface area contributed by atoms with Gasteiger partial charge < -0.3 is 10.5 Å². The van der Waals surface area contributed by atoms with Gasteiger partial charge in [-0.05, 0) is 38.0 Å². The Kier molecular flexibility index (Phi) is 4.45. The number of piperidine rings is 1. The van der Waals surface area contributed by atoms with Gasteiger partial charge in [0.05, 0.1) is 6.10 Å². The lowest BCUT2D eigenvalue weighted by Gasteiger charge is -2.44. The second-order valence-electron chi connectivity index (χ2n) is 5.87.